The van der Waals surface area contributed by atoms with Crippen LogP contribution in [0, 0.1) is 0 Å². The molecule has 162 valence electrons. The van der Waals surface area contributed by atoms with Crippen molar-refractivity contribution in [3.8, 4) is 22.8 Å². The summed E-state index contributed by atoms with van der Waals surface area (Å²) >= 11 is 0. The van der Waals surface area contributed by atoms with Crippen LogP contribution < -0.4 is 20.1 Å². The number of aromatic nitrogens is 4. The minimum absolute atomic E-state index is 0.0860. The normalized spacial score (nSPS) is 12.0. The number of furan rings is 1. The van der Waals surface area contributed by atoms with Crippen LogP contribution in [0.25, 0.3) is 11.3 Å². The molecule has 3 aromatic heterocycles. The molecule has 32 heavy (non-hydrogen) atoms. The number of anilines is 1. The number of hydrogen-bond donors (Lipinski definition) is 3. The molecule has 11 heteroatoms. The first-order valence-electron chi connectivity index (χ1n) is 9.68. The van der Waals surface area contributed by atoms with Crippen molar-refractivity contribution in [2.24, 2.45) is 7.05 Å². The van der Waals surface area contributed by atoms with Crippen LogP contribution in [-0.4, -0.2) is 38.6 Å². The smallest absolute Gasteiger partial charge is 0.274 e. The van der Waals surface area contributed by atoms with Crippen LogP contribution in [0.4, 0.5) is 5.69 Å². The quantitative estimate of drug-likeness (QED) is 0.424. The summed E-state index contributed by atoms with van der Waals surface area (Å²) in [7, 11) is 1.66. The summed E-state index contributed by atoms with van der Waals surface area (Å²) in [6, 6.07) is 10.5. The number of carbonyl (C=O) groups excluding carboxylic acids is 2. The average molecular weight is 434 g/mol. The lowest BCUT2D eigenvalue weighted by molar-refractivity contribution is 0.0943. The lowest BCUT2D eigenvalue weighted by Crippen LogP contribution is -2.25. The van der Waals surface area contributed by atoms with E-state index in [-0.39, 0.29) is 30.4 Å². The van der Waals surface area contributed by atoms with Crippen molar-refractivity contribution < 1.29 is 23.5 Å². The molecule has 0 radical (unpaired) electrons. The Morgan fingerprint density at radius 1 is 1.16 bits per heavy atom. The Morgan fingerprint density at radius 3 is 2.88 bits per heavy atom. The molecule has 4 heterocycles. The lowest BCUT2D eigenvalue weighted by Gasteiger charge is -2.04. The number of amides is 2. The summed E-state index contributed by atoms with van der Waals surface area (Å²) in [5.41, 5.74) is 1.92. The molecule has 0 saturated carbocycles. The first-order chi connectivity index (χ1) is 15.6. The number of nitrogens with one attached hydrogen (secondary N) is 3. The van der Waals surface area contributed by atoms with Crippen LogP contribution in [0.3, 0.4) is 0 Å². The van der Waals surface area contributed by atoms with Crippen molar-refractivity contribution in [3.05, 3.63) is 66.0 Å². The van der Waals surface area contributed by atoms with E-state index in [1.807, 2.05) is 6.07 Å². The van der Waals surface area contributed by atoms with Crippen molar-refractivity contribution >= 4 is 17.5 Å². The van der Waals surface area contributed by atoms with E-state index < -0.39 is 11.8 Å². The van der Waals surface area contributed by atoms with Gasteiger partial charge in [0.05, 0.1) is 24.2 Å². The molecule has 0 bridgehead atoms. The van der Waals surface area contributed by atoms with Gasteiger partial charge in [0, 0.05) is 18.8 Å². The number of H-pyrrole nitrogens is 1. The van der Waals surface area contributed by atoms with Crippen LogP contribution in [0.5, 0.6) is 11.5 Å². The van der Waals surface area contributed by atoms with Gasteiger partial charge >= 0.3 is 0 Å². The van der Waals surface area contributed by atoms with E-state index in [4.69, 9.17) is 13.9 Å². The molecule has 0 atom stereocenters. The Balaban J connectivity index is 1.30. The second kappa shape index (κ2) is 7.95. The van der Waals surface area contributed by atoms with E-state index >= 15 is 0 Å². The zero-order valence-corrected chi connectivity index (χ0v) is 16.9. The molecule has 3 N–H and O–H groups in total. The standard InChI is InChI=1S/C21H18N6O5/c1-27-10-16(19(26-27)21(29)22-9-13-3-2-6-30-13)23-20(28)15-8-14(24-25-15)12-4-5-17-18(7-12)32-11-31-17/h2-8,10H,9,11H2,1H3,(H,22,29)(H,23,28)(H,24,25). The third kappa shape index (κ3) is 3.78. The number of nitrogens with zero attached hydrogens (tertiary/aromatic N) is 3. The second-order valence-corrected chi connectivity index (χ2v) is 7.02. The fraction of sp³-hybridized carbons (Fsp3) is 0.143. The fourth-order valence-corrected chi connectivity index (χ4v) is 3.24. The molecule has 0 saturated heterocycles. The predicted molar refractivity (Wildman–Crippen MR) is 111 cm³/mol. The molecule has 1 aliphatic rings. The van der Waals surface area contributed by atoms with Gasteiger partial charge in [-0.2, -0.15) is 10.2 Å². The van der Waals surface area contributed by atoms with Gasteiger partial charge < -0.3 is 24.5 Å². The zero-order chi connectivity index (χ0) is 22.1. The Labute approximate surface area is 181 Å². The highest BCUT2D eigenvalue weighted by atomic mass is 16.7. The highest BCUT2D eigenvalue weighted by Crippen LogP contribution is 2.35. The number of fused-ring (bicyclic) bond motifs is 1. The molecule has 0 unspecified atom stereocenters. The van der Waals surface area contributed by atoms with Crippen LogP contribution in [-0.2, 0) is 13.6 Å². The largest absolute Gasteiger partial charge is 0.467 e. The van der Waals surface area contributed by atoms with E-state index in [1.165, 1.54) is 10.9 Å². The molecule has 1 aliphatic heterocycles. The van der Waals surface area contributed by atoms with Crippen molar-refractivity contribution in [2.75, 3.05) is 12.1 Å². The molecular formula is C21H18N6O5. The molecule has 0 aliphatic carbocycles. The number of aryl methyl sites for hydroxylation is 1. The molecule has 4 aromatic rings. The average Bonchev–Trinajstić information content (AvgIpc) is 3.58. The minimum atomic E-state index is -0.461. The summed E-state index contributed by atoms with van der Waals surface area (Å²) in [6.45, 7) is 0.380. The Bertz CT molecular complexity index is 1290. The van der Waals surface area contributed by atoms with E-state index in [1.54, 1.807) is 43.6 Å². The zero-order valence-electron chi connectivity index (χ0n) is 16.9. The predicted octanol–water partition coefficient (Wildman–Crippen LogP) is 2.31. The monoisotopic (exact) mass is 434 g/mol. The van der Waals surface area contributed by atoms with Gasteiger partial charge in [0.1, 0.15) is 11.5 Å². The van der Waals surface area contributed by atoms with Gasteiger partial charge in [0.25, 0.3) is 11.8 Å². The molecule has 0 spiro atoms. The summed E-state index contributed by atoms with van der Waals surface area (Å²) in [4.78, 5) is 25.3. The van der Waals surface area contributed by atoms with E-state index in [9.17, 15) is 9.59 Å². The van der Waals surface area contributed by atoms with Crippen LogP contribution in [0.2, 0.25) is 0 Å². The number of hydrogen-bond acceptors (Lipinski definition) is 7. The van der Waals surface area contributed by atoms with Crippen LogP contribution in [0.1, 0.15) is 26.7 Å². The van der Waals surface area contributed by atoms with Gasteiger partial charge in [0.2, 0.25) is 6.79 Å². The molecule has 2 amide bonds. The van der Waals surface area contributed by atoms with E-state index in [0.29, 0.717) is 23.0 Å². The third-order valence-electron chi connectivity index (χ3n) is 4.79. The third-order valence-corrected chi connectivity index (χ3v) is 4.79. The second-order valence-electron chi connectivity index (χ2n) is 7.02. The van der Waals surface area contributed by atoms with Crippen molar-refractivity contribution in [3.63, 3.8) is 0 Å². The molecule has 1 aromatic carbocycles. The Morgan fingerprint density at radius 2 is 2.03 bits per heavy atom. The fourth-order valence-electron chi connectivity index (χ4n) is 3.24. The molecule has 5 rings (SSSR count). The van der Waals surface area contributed by atoms with Crippen molar-refractivity contribution in [1.82, 2.24) is 25.3 Å². The summed E-state index contributed by atoms with van der Waals surface area (Å²) in [5, 5.41) is 16.5. The maximum atomic E-state index is 12.8. The number of benzene rings is 1. The maximum Gasteiger partial charge on any atom is 0.274 e. The Kier molecular flexibility index (Phi) is 4.82. The number of rotatable bonds is 6. The van der Waals surface area contributed by atoms with Crippen LogP contribution in [0.15, 0.2) is 53.3 Å². The van der Waals surface area contributed by atoms with E-state index in [2.05, 4.69) is 25.9 Å². The summed E-state index contributed by atoms with van der Waals surface area (Å²) in [6.07, 6.45) is 3.07. The molecule has 11 nitrogen and oxygen atoms in total. The number of aromatic amines is 1. The summed E-state index contributed by atoms with van der Waals surface area (Å²) < 4.78 is 17.3. The van der Waals surface area contributed by atoms with Gasteiger partial charge in [-0.1, -0.05) is 0 Å². The molecule has 0 fully saturated rings. The number of ether oxygens (including phenoxy) is 2. The van der Waals surface area contributed by atoms with Gasteiger partial charge in [-0.25, -0.2) is 0 Å². The first kappa shape index (κ1) is 19.4. The summed E-state index contributed by atoms with van der Waals surface area (Å²) in [5.74, 6) is 0.989. The molecular weight excluding hydrogens is 416 g/mol. The lowest BCUT2D eigenvalue weighted by atomic mass is 10.1. The highest BCUT2D eigenvalue weighted by Gasteiger charge is 2.21. The van der Waals surface area contributed by atoms with Gasteiger partial charge in [-0.05, 0) is 36.4 Å². The SMILES string of the molecule is Cn1cc(NC(=O)c2cc(-c3ccc4c(c3)OCO4)n[nH]2)c(C(=O)NCc2ccco2)n1. The van der Waals surface area contributed by atoms with E-state index in [0.717, 1.165) is 5.56 Å². The van der Waals surface area contributed by atoms with Gasteiger partial charge in [-0.3, -0.25) is 19.4 Å². The maximum absolute atomic E-state index is 12.8. The Hall–Kier alpha value is -4.54. The van der Waals surface area contributed by atoms with Crippen molar-refractivity contribution in [2.45, 2.75) is 6.54 Å². The van der Waals surface area contributed by atoms with Crippen LogP contribution >= 0.6 is 0 Å². The first-order valence-corrected chi connectivity index (χ1v) is 9.68. The van der Waals surface area contributed by atoms with Crippen molar-refractivity contribution in [1.29, 1.82) is 0 Å². The topological polar surface area (TPSA) is 136 Å². The van der Waals surface area contributed by atoms with Gasteiger partial charge in [0.15, 0.2) is 17.2 Å². The van der Waals surface area contributed by atoms with Gasteiger partial charge in [-0.15, -0.1) is 0 Å². The highest BCUT2D eigenvalue weighted by molar-refractivity contribution is 6.07. The number of carbonyl (C=O) groups is 2. The minimum Gasteiger partial charge on any atom is -0.467 e.